The van der Waals surface area contributed by atoms with Crippen LogP contribution >= 0.6 is 0 Å². The molecule has 1 heterocycles. The Morgan fingerprint density at radius 3 is 2.03 bits per heavy atom. The molecular weight excluding hydrogens is 496 g/mol. The van der Waals surface area contributed by atoms with E-state index in [9.17, 15) is 4.21 Å². The maximum atomic E-state index is 13.3. The molecule has 0 aliphatic carbocycles. The van der Waals surface area contributed by atoms with Gasteiger partial charge < -0.3 is 4.42 Å². The molecule has 0 N–H and O–H groups in total. The van der Waals surface area contributed by atoms with Crippen LogP contribution in [-0.2, 0) is 10.8 Å². The van der Waals surface area contributed by atoms with E-state index in [1.807, 2.05) is 42.5 Å². The van der Waals surface area contributed by atoms with Crippen LogP contribution in [0.25, 0.3) is 65.4 Å². The minimum Gasteiger partial charge on any atom is -0.455 e. The van der Waals surface area contributed by atoms with Gasteiger partial charge in [0.2, 0.25) is 0 Å². The van der Waals surface area contributed by atoms with Gasteiger partial charge in [-0.05, 0) is 80.3 Å². The Morgan fingerprint density at radius 1 is 0.487 bits per heavy atom. The van der Waals surface area contributed by atoms with Gasteiger partial charge in [-0.15, -0.1) is 0 Å². The van der Waals surface area contributed by atoms with E-state index in [2.05, 4.69) is 91.0 Å². The highest BCUT2D eigenvalue weighted by atomic mass is 32.2. The Bertz CT molecular complexity index is 2240. The molecule has 2 nitrogen and oxygen atoms in total. The number of rotatable bonds is 3. The molecule has 8 rings (SSSR count). The predicted octanol–water partition coefficient (Wildman–Crippen LogP) is 9.88. The van der Waals surface area contributed by atoms with E-state index in [0.29, 0.717) is 0 Å². The quantitative estimate of drug-likeness (QED) is 0.233. The van der Waals surface area contributed by atoms with Gasteiger partial charge in [0.25, 0.3) is 0 Å². The van der Waals surface area contributed by atoms with Crippen molar-refractivity contribution in [3.8, 4) is 11.1 Å². The van der Waals surface area contributed by atoms with Crippen LogP contribution in [0.2, 0.25) is 0 Å². The van der Waals surface area contributed by atoms with Crippen molar-refractivity contribution in [3.05, 3.63) is 133 Å². The molecule has 39 heavy (non-hydrogen) atoms. The smallest absolute Gasteiger partial charge is 0.143 e. The molecule has 0 bridgehead atoms. The van der Waals surface area contributed by atoms with Crippen molar-refractivity contribution in [2.45, 2.75) is 9.79 Å². The fourth-order valence-corrected chi connectivity index (χ4v) is 6.89. The normalized spacial score (nSPS) is 12.6. The van der Waals surface area contributed by atoms with Crippen LogP contribution in [0.5, 0.6) is 0 Å². The molecule has 0 fully saturated rings. The third-order valence-electron chi connectivity index (χ3n) is 7.65. The Balaban J connectivity index is 1.40. The van der Waals surface area contributed by atoms with E-state index >= 15 is 0 Å². The van der Waals surface area contributed by atoms with Crippen molar-refractivity contribution in [2.75, 3.05) is 0 Å². The fraction of sp³-hybridized carbons (Fsp3) is 0. The average Bonchev–Trinajstić information content (AvgIpc) is 3.41. The summed E-state index contributed by atoms with van der Waals surface area (Å²) in [6.07, 6.45) is 0. The van der Waals surface area contributed by atoms with Crippen LogP contribution < -0.4 is 0 Å². The molecule has 0 amide bonds. The highest BCUT2D eigenvalue weighted by molar-refractivity contribution is 7.85. The van der Waals surface area contributed by atoms with Gasteiger partial charge in [0.05, 0.1) is 10.8 Å². The summed E-state index contributed by atoms with van der Waals surface area (Å²) in [5.41, 5.74) is 3.91. The summed E-state index contributed by atoms with van der Waals surface area (Å²) >= 11 is 0. The molecule has 1 atom stereocenters. The van der Waals surface area contributed by atoms with E-state index in [-0.39, 0.29) is 0 Å². The number of hydrogen-bond donors (Lipinski definition) is 0. The van der Waals surface area contributed by atoms with Crippen LogP contribution in [0.4, 0.5) is 0 Å². The highest BCUT2D eigenvalue weighted by Gasteiger charge is 2.18. The minimum absolute atomic E-state index is 0.796. The van der Waals surface area contributed by atoms with Crippen LogP contribution in [0.15, 0.2) is 148 Å². The molecule has 0 radical (unpaired) electrons. The zero-order valence-corrected chi connectivity index (χ0v) is 21.7. The standard InChI is InChI=1S/C36H22O2S/c37-39(28-10-2-1-3-11-28)29-18-16-23-14-15-26(20-27(23)21-29)32-22-25-9-5-7-13-31(25)35-34-30-12-6-4-8-24(30)17-19-33(34)38-36(32)35/h1-22H. The van der Waals surface area contributed by atoms with Crippen molar-refractivity contribution in [1.29, 1.82) is 0 Å². The van der Waals surface area contributed by atoms with Gasteiger partial charge in [0.15, 0.2) is 0 Å². The average molecular weight is 519 g/mol. The van der Waals surface area contributed by atoms with Gasteiger partial charge >= 0.3 is 0 Å². The lowest BCUT2D eigenvalue weighted by Gasteiger charge is -2.10. The first-order valence-electron chi connectivity index (χ1n) is 13.0. The van der Waals surface area contributed by atoms with Crippen LogP contribution in [0, 0.1) is 0 Å². The third-order valence-corrected chi connectivity index (χ3v) is 9.03. The number of hydrogen-bond acceptors (Lipinski definition) is 2. The van der Waals surface area contributed by atoms with Crippen molar-refractivity contribution in [1.82, 2.24) is 0 Å². The second kappa shape index (κ2) is 8.65. The monoisotopic (exact) mass is 518 g/mol. The minimum atomic E-state index is -1.24. The Hall–Kier alpha value is -4.73. The molecule has 1 aromatic heterocycles. The summed E-state index contributed by atoms with van der Waals surface area (Å²) in [6, 6.07) is 45.6. The van der Waals surface area contributed by atoms with Gasteiger partial charge in [-0.25, -0.2) is 4.21 Å². The molecule has 8 aromatic rings. The largest absolute Gasteiger partial charge is 0.455 e. The van der Waals surface area contributed by atoms with Crippen molar-refractivity contribution in [3.63, 3.8) is 0 Å². The van der Waals surface area contributed by atoms with E-state index in [0.717, 1.165) is 53.6 Å². The molecule has 1 unspecified atom stereocenters. The lowest BCUT2D eigenvalue weighted by Crippen LogP contribution is -1.92. The lowest BCUT2D eigenvalue weighted by atomic mass is 9.94. The Morgan fingerprint density at radius 2 is 1.18 bits per heavy atom. The van der Waals surface area contributed by atoms with Gasteiger partial charge in [-0.3, -0.25) is 0 Å². The molecule has 0 aliphatic rings. The van der Waals surface area contributed by atoms with E-state index in [4.69, 9.17) is 4.42 Å². The second-order valence-electron chi connectivity index (χ2n) is 9.92. The lowest BCUT2D eigenvalue weighted by molar-refractivity contribution is 0.670. The summed E-state index contributed by atoms with van der Waals surface area (Å²) in [7, 11) is -1.24. The maximum absolute atomic E-state index is 13.3. The van der Waals surface area contributed by atoms with Gasteiger partial charge in [0.1, 0.15) is 11.2 Å². The summed E-state index contributed by atoms with van der Waals surface area (Å²) < 4.78 is 19.9. The van der Waals surface area contributed by atoms with Crippen molar-refractivity contribution >= 4 is 65.1 Å². The van der Waals surface area contributed by atoms with Crippen molar-refractivity contribution < 1.29 is 8.63 Å². The Kier molecular flexibility index (Phi) is 4.94. The van der Waals surface area contributed by atoms with E-state index < -0.39 is 10.8 Å². The molecule has 7 aromatic carbocycles. The topological polar surface area (TPSA) is 30.2 Å². The molecule has 3 heteroatoms. The molecule has 0 saturated carbocycles. The SMILES string of the molecule is O=S(c1ccccc1)c1ccc2ccc(-c3cc4ccccc4c4c3oc3ccc5ccccc5c34)cc2c1. The number of furan rings is 1. The van der Waals surface area contributed by atoms with E-state index in [1.165, 1.54) is 21.5 Å². The summed E-state index contributed by atoms with van der Waals surface area (Å²) in [6.45, 7) is 0. The van der Waals surface area contributed by atoms with Gasteiger partial charge in [-0.1, -0.05) is 91.0 Å². The molecule has 0 saturated heterocycles. The number of benzene rings is 7. The zero-order valence-electron chi connectivity index (χ0n) is 20.9. The first-order chi connectivity index (χ1) is 19.2. The maximum Gasteiger partial charge on any atom is 0.143 e. The first kappa shape index (κ1) is 22.3. The Labute approximate surface area is 227 Å². The summed E-state index contributed by atoms with van der Waals surface area (Å²) in [5.74, 6) is 0. The fourth-order valence-electron chi connectivity index (χ4n) is 5.79. The first-order valence-corrected chi connectivity index (χ1v) is 14.2. The molecule has 184 valence electrons. The molecule has 0 aliphatic heterocycles. The van der Waals surface area contributed by atoms with Crippen LogP contribution in [0.3, 0.4) is 0 Å². The molecular formula is C36H22O2S. The highest BCUT2D eigenvalue weighted by Crippen LogP contribution is 2.43. The summed E-state index contributed by atoms with van der Waals surface area (Å²) in [4.78, 5) is 1.60. The third kappa shape index (κ3) is 3.51. The second-order valence-corrected chi connectivity index (χ2v) is 11.4. The predicted molar refractivity (Wildman–Crippen MR) is 163 cm³/mol. The summed E-state index contributed by atoms with van der Waals surface area (Å²) in [5, 5.41) is 9.23. The zero-order chi connectivity index (χ0) is 25.9. The number of fused-ring (bicyclic) bond motifs is 8. The van der Waals surface area contributed by atoms with E-state index in [1.54, 1.807) is 0 Å². The van der Waals surface area contributed by atoms with Crippen LogP contribution in [-0.4, -0.2) is 4.21 Å². The molecule has 0 spiro atoms. The van der Waals surface area contributed by atoms with Crippen molar-refractivity contribution in [2.24, 2.45) is 0 Å². The van der Waals surface area contributed by atoms with Crippen LogP contribution in [0.1, 0.15) is 0 Å². The van der Waals surface area contributed by atoms with Gasteiger partial charge in [0, 0.05) is 26.1 Å². The van der Waals surface area contributed by atoms with Gasteiger partial charge in [-0.2, -0.15) is 0 Å².